The highest BCUT2D eigenvalue weighted by Crippen LogP contribution is 2.32. The number of aldehydes is 1. The number of amides is 3. The fourth-order valence-corrected chi connectivity index (χ4v) is 2.61. The molecular weight excluding hydrogens is 338 g/mol. The average Bonchev–Trinajstić information content (AvgIpc) is 2.64. The van der Waals surface area contributed by atoms with Gasteiger partial charge >= 0.3 is 0 Å². The molecule has 1 heterocycles. The van der Waals surface area contributed by atoms with E-state index in [-0.39, 0.29) is 24.4 Å². The number of nitrogens with two attached hydrogens (primary N) is 1. The first-order valence-electron chi connectivity index (χ1n) is 7.70. The topological polar surface area (TPSA) is 119 Å². The molecule has 0 bridgehead atoms. The molecule has 0 aromatic heterocycles. The third-order valence-corrected chi connectivity index (χ3v) is 3.83. The number of hydrogen-bond acceptors (Lipinski definition) is 5. The smallest absolute Gasteiger partial charge is 0.265 e. The molecule has 0 saturated carbocycles. The molecule has 1 aliphatic rings. The maximum atomic E-state index is 12.4. The lowest BCUT2D eigenvalue weighted by Crippen LogP contribution is -2.43. The zero-order valence-corrected chi connectivity index (χ0v) is 13.6. The van der Waals surface area contributed by atoms with Crippen molar-refractivity contribution in [1.82, 2.24) is 0 Å². The summed E-state index contributed by atoms with van der Waals surface area (Å²) in [5.41, 5.74) is 6.40. The van der Waals surface area contributed by atoms with E-state index in [4.69, 9.17) is 10.5 Å². The van der Waals surface area contributed by atoms with Crippen molar-refractivity contribution in [3.8, 4) is 5.75 Å². The third-order valence-electron chi connectivity index (χ3n) is 3.83. The highest BCUT2D eigenvalue weighted by molar-refractivity contribution is 6.07. The van der Waals surface area contributed by atoms with Crippen LogP contribution in [0.5, 0.6) is 5.75 Å². The van der Waals surface area contributed by atoms with Crippen molar-refractivity contribution in [2.45, 2.75) is 0 Å². The molecular formula is C18H15N3O5. The molecule has 3 rings (SSSR count). The summed E-state index contributed by atoms with van der Waals surface area (Å²) in [4.78, 5) is 48.2. The first-order chi connectivity index (χ1) is 12.5. The van der Waals surface area contributed by atoms with Gasteiger partial charge in [0.15, 0.2) is 6.61 Å². The third kappa shape index (κ3) is 3.39. The van der Waals surface area contributed by atoms with Crippen molar-refractivity contribution >= 4 is 35.4 Å². The summed E-state index contributed by atoms with van der Waals surface area (Å²) in [6.45, 7) is -0.511. The second kappa shape index (κ2) is 7.06. The quantitative estimate of drug-likeness (QED) is 0.776. The van der Waals surface area contributed by atoms with E-state index in [9.17, 15) is 19.2 Å². The van der Waals surface area contributed by atoms with Crippen LogP contribution in [-0.2, 0) is 9.59 Å². The number of anilines is 2. The summed E-state index contributed by atoms with van der Waals surface area (Å²) in [5, 5.41) is 2.58. The molecule has 8 heteroatoms. The number of carbonyl (C=O) groups excluding carboxylic acids is 4. The van der Waals surface area contributed by atoms with Crippen LogP contribution in [0.3, 0.4) is 0 Å². The number of nitrogens with one attached hydrogen (secondary N) is 1. The predicted octanol–water partition coefficient (Wildman–Crippen LogP) is 0.962. The molecule has 0 spiro atoms. The van der Waals surface area contributed by atoms with Gasteiger partial charge < -0.3 is 15.8 Å². The van der Waals surface area contributed by atoms with Crippen LogP contribution in [0.15, 0.2) is 42.5 Å². The second-order valence-electron chi connectivity index (χ2n) is 5.57. The number of fused-ring (bicyclic) bond motifs is 1. The van der Waals surface area contributed by atoms with Gasteiger partial charge in [0.1, 0.15) is 18.6 Å². The normalized spacial score (nSPS) is 12.8. The van der Waals surface area contributed by atoms with E-state index in [0.717, 1.165) is 0 Å². The van der Waals surface area contributed by atoms with E-state index in [0.29, 0.717) is 23.3 Å². The molecule has 26 heavy (non-hydrogen) atoms. The Labute approximate surface area is 148 Å². The number of rotatable bonds is 5. The van der Waals surface area contributed by atoms with Gasteiger partial charge in [-0.05, 0) is 30.3 Å². The largest absolute Gasteiger partial charge is 0.482 e. The van der Waals surface area contributed by atoms with Crippen molar-refractivity contribution in [1.29, 1.82) is 0 Å². The molecule has 1 aliphatic heterocycles. The van der Waals surface area contributed by atoms with Gasteiger partial charge in [-0.25, -0.2) is 0 Å². The Morgan fingerprint density at radius 3 is 2.73 bits per heavy atom. The highest BCUT2D eigenvalue weighted by Gasteiger charge is 2.28. The molecule has 0 saturated heterocycles. The molecule has 0 fully saturated rings. The van der Waals surface area contributed by atoms with Crippen LogP contribution in [0.4, 0.5) is 11.4 Å². The summed E-state index contributed by atoms with van der Waals surface area (Å²) in [6.07, 6.45) is 0.640. The van der Waals surface area contributed by atoms with Crippen LogP contribution >= 0.6 is 0 Å². The zero-order valence-electron chi connectivity index (χ0n) is 13.6. The lowest BCUT2D eigenvalue weighted by atomic mass is 10.1. The Bertz CT molecular complexity index is 909. The number of hydrogen-bond donors (Lipinski definition) is 2. The van der Waals surface area contributed by atoms with Gasteiger partial charge in [0.25, 0.3) is 11.8 Å². The Balaban J connectivity index is 1.83. The van der Waals surface area contributed by atoms with Gasteiger partial charge in [-0.2, -0.15) is 0 Å². The SMILES string of the molecule is NC(=O)c1ccccc1NC(=O)CN1C(=O)COc2ccc(C=O)cc21. The van der Waals surface area contributed by atoms with Crippen molar-refractivity contribution in [2.75, 3.05) is 23.4 Å². The number of primary amides is 1. The van der Waals surface area contributed by atoms with Gasteiger partial charge in [0.05, 0.1) is 16.9 Å². The van der Waals surface area contributed by atoms with Crippen LogP contribution in [0.2, 0.25) is 0 Å². The Kier molecular flexibility index (Phi) is 4.66. The molecule has 132 valence electrons. The van der Waals surface area contributed by atoms with Crippen molar-refractivity contribution in [3.63, 3.8) is 0 Å². The molecule has 2 aromatic rings. The molecule has 0 atom stereocenters. The molecule has 0 radical (unpaired) electrons. The summed E-state index contributed by atoms with van der Waals surface area (Å²) in [7, 11) is 0. The number of nitrogens with zero attached hydrogens (tertiary/aromatic N) is 1. The molecule has 0 aliphatic carbocycles. The van der Waals surface area contributed by atoms with Crippen LogP contribution < -0.4 is 20.7 Å². The van der Waals surface area contributed by atoms with E-state index >= 15 is 0 Å². The zero-order chi connectivity index (χ0) is 18.7. The first-order valence-corrected chi connectivity index (χ1v) is 7.70. The first kappa shape index (κ1) is 17.2. The van der Waals surface area contributed by atoms with E-state index < -0.39 is 17.7 Å². The van der Waals surface area contributed by atoms with Crippen LogP contribution in [0, 0.1) is 0 Å². The van der Waals surface area contributed by atoms with E-state index in [1.54, 1.807) is 24.3 Å². The molecule has 2 aromatic carbocycles. The number of ether oxygens (including phenoxy) is 1. The van der Waals surface area contributed by atoms with Gasteiger partial charge in [-0.3, -0.25) is 24.1 Å². The maximum absolute atomic E-state index is 12.4. The Morgan fingerprint density at radius 1 is 1.23 bits per heavy atom. The minimum Gasteiger partial charge on any atom is -0.482 e. The van der Waals surface area contributed by atoms with Crippen molar-refractivity contribution in [3.05, 3.63) is 53.6 Å². The van der Waals surface area contributed by atoms with E-state index in [1.807, 2.05) is 0 Å². The van der Waals surface area contributed by atoms with Gasteiger partial charge in [0.2, 0.25) is 5.91 Å². The van der Waals surface area contributed by atoms with Crippen LogP contribution in [0.25, 0.3) is 0 Å². The summed E-state index contributed by atoms with van der Waals surface area (Å²) in [5.74, 6) is -1.21. The fraction of sp³-hybridized carbons (Fsp3) is 0.111. The lowest BCUT2D eigenvalue weighted by molar-refractivity contribution is -0.123. The molecule has 3 amide bonds. The maximum Gasteiger partial charge on any atom is 0.265 e. The monoisotopic (exact) mass is 353 g/mol. The summed E-state index contributed by atoms with van der Waals surface area (Å²) < 4.78 is 5.32. The van der Waals surface area contributed by atoms with Crippen LogP contribution in [0.1, 0.15) is 20.7 Å². The molecule has 8 nitrogen and oxygen atoms in total. The van der Waals surface area contributed by atoms with E-state index in [2.05, 4.69) is 5.32 Å². The van der Waals surface area contributed by atoms with Gasteiger partial charge in [-0.1, -0.05) is 12.1 Å². The van der Waals surface area contributed by atoms with E-state index in [1.165, 1.54) is 23.1 Å². The number of para-hydroxylation sites is 1. The fourth-order valence-electron chi connectivity index (χ4n) is 2.61. The van der Waals surface area contributed by atoms with Crippen LogP contribution in [-0.4, -0.2) is 37.2 Å². The Hall–Kier alpha value is -3.68. The molecule has 3 N–H and O–H groups in total. The summed E-state index contributed by atoms with van der Waals surface area (Å²) in [6, 6.07) is 10.9. The average molecular weight is 353 g/mol. The minimum atomic E-state index is -0.677. The lowest BCUT2D eigenvalue weighted by Gasteiger charge is -2.29. The van der Waals surface area contributed by atoms with Gasteiger partial charge in [-0.15, -0.1) is 0 Å². The van der Waals surface area contributed by atoms with Crippen molar-refractivity contribution in [2.24, 2.45) is 5.73 Å². The standard InChI is InChI=1S/C18H15N3O5/c19-18(25)12-3-1-2-4-13(12)20-16(23)8-21-14-7-11(9-22)5-6-15(14)26-10-17(21)24/h1-7,9H,8,10H2,(H2,19,25)(H,20,23). The highest BCUT2D eigenvalue weighted by atomic mass is 16.5. The van der Waals surface area contributed by atoms with Gasteiger partial charge in [0, 0.05) is 5.56 Å². The molecule has 0 unspecified atom stereocenters. The number of carbonyl (C=O) groups is 4. The summed E-state index contributed by atoms with van der Waals surface area (Å²) >= 11 is 0. The van der Waals surface area contributed by atoms with Crippen molar-refractivity contribution < 1.29 is 23.9 Å². The minimum absolute atomic E-state index is 0.165. The predicted molar refractivity (Wildman–Crippen MR) is 93.3 cm³/mol. The number of benzene rings is 2. The second-order valence-corrected chi connectivity index (χ2v) is 5.57. The Morgan fingerprint density at radius 2 is 2.00 bits per heavy atom.